The van der Waals surface area contributed by atoms with Crippen LogP contribution in [0.3, 0.4) is 0 Å². The molecule has 0 fully saturated rings. The Morgan fingerprint density at radius 2 is 1.44 bits per heavy atom. The van der Waals surface area contributed by atoms with Gasteiger partial charge in [0.1, 0.15) is 0 Å². The molecule has 1 aromatic rings. The summed E-state index contributed by atoms with van der Waals surface area (Å²) in [6.07, 6.45) is 0. The van der Waals surface area contributed by atoms with Crippen molar-refractivity contribution in [3.63, 3.8) is 0 Å². The van der Waals surface area contributed by atoms with Gasteiger partial charge in [-0.15, -0.1) is 0 Å². The van der Waals surface area contributed by atoms with E-state index in [2.05, 4.69) is 34.4 Å². The Labute approximate surface area is 75.5 Å². The number of halogens is 2. The van der Waals surface area contributed by atoms with Gasteiger partial charge in [-0.3, -0.25) is 0 Å². The first-order chi connectivity index (χ1) is 4.41. The Bertz CT molecular complexity index is 93.9. The Morgan fingerprint density at radius 1 is 1.00 bits per heavy atom. The maximum atomic E-state index is 3.03. The maximum Gasteiger partial charge on any atom is -0.171 e. The molecule has 0 heterocycles. The van der Waals surface area contributed by atoms with Gasteiger partial charge in [-0.25, -0.2) is 0 Å². The molecule has 3 heteroatoms. The Balaban J connectivity index is 0.000000187. The molecule has 52 valence electrons. The average Bonchev–Trinajstić information content (AvgIpc) is 1.93. The van der Waals surface area contributed by atoms with Crippen molar-refractivity contribution in [2.24, 2.45) is 0 Å². The molecule has 0 bridgehead atoms. The fourth-order valence-corrected chi connectivity index (χ4v) is 0.342. The van der Waals surface area contributed by atoms with E-state index in [1.807, 2.05) is 30.3 Å². The number of hydrogen-bond acceptors (Lipinski definition) is 0. The van der Waals surface area contributed by atoms with Crippen molar-refractivity contribution < 1.29 is 11.1 Å². The minimum Gasteiger partial charge on any atom is -0.184 e. The molecule has 0 unspecified atom stereocenters. The standard InChI is InChI=1S/C6H5.2BrH.Co/c1-2-4-6-5-3-1;;;/h1-5H;2*1H;/q-1;;;+3/p-2. The van der Waals surface area contributed by atoms with Gasteiger partial charge in [0.05, 0.1) is 0 Å². The van der Waals surface area contributed by atoms with Gasteiger partial charge in [0.25, 0.3) is 0 Å². The van der Waals surface area contributed by atoms with Crippen molar-refractivity contribution in [2.75, 3.05) is 0 Å². The number of rotatable bonds is 0. The molecule has 0 amide bonds. The first-order valence-corrected chi connectivity index (χ1v) is 7.31. The molecule has 1 rings (SSSR count). The van der Waals surface area contributed by atoms with Crippen molar-refractivity contribution in [1.29, 1.82) is 0 Å². The molecule has 0 aromatic heterocycles. The van der Waals surface area contributed by atoms with Crippen LogP contribution in [0.4, 0.5) is 0 Å². The van der Waals surface area contributed by atoms with Crippen LogP contribution in [-0.2, 0) is 11.1 Å². The van der Waals surface area contributed by atoms with Crippen LogP contribution in [0.2, 0.25) is 0 Å². The molecule has 0 spiro atoms. The number of hydrogen-bond donors (Lipinski definition) is 0. The van der Waals surface area contributed by atoms with E-state index in [0.29, 0.717) is 0 Å². The van der Waals surface area contributed by atoms with E-state index in [-0.39, 0.29) is 0 Å². The Hall–Kier alpha value is 0.686. The summed E-state index contributed by atoms with van der Waals surface area (Å²) in [6.45, 7) is 0. The number of benzene rings is 1. The Morgan fingerprint density at radius 3 is 1.56 bits per heavy atom. The SMILES string of the molecule is [Br][Co+][Br].[c-]1ccccc1. The topological polar surface area (TPSA) is 0 Å². The van der Waals surface area contributed by atoms with Gasteiger partial charge in [0.15, 0.2) is 0 Å². The van der Waals surface area contributed by atoms with E-state index in [4.69, 9.17) is 0 Å². The molecule has 0 aliphatic heterocycles. The molecule has 0 aliphatic carbocycles. The van der Waals surface area contributed by atoms with Gasteiger partial charge in [-0.2, -0.15) is 36.4 Å². The van der Waals surface area contributed by atoms with Crippen LogP contribution >= 0.6 is 28.3 Å². The van der Waals surface area contributed by atoms with Crippen molar-refractivity contribution in [3.8, 4) is 0 Å². The quantitative estimate of drug-likeness (QED) is 0.645. The summed E-state index contributed by atoms with van der Waals surface area (Å²) in [7, 11) is 0. The minimum atomic E-state index is 1.06. The van der Waals surface area contributed by atoms with Crippen LogP contribution < -0.4 is 0 Å². The van der Waals surface area contributed by atoms with Crippen molar-refractivity contribution in [3.05, 3.63) is 36.4 Å². The molecule has 0 aliphatic rings. The van der Waals surface area contributed by atoms with Crippen LogP contribution in [0.25, 0.3) is 0 Å². The molecule has 9 heavy (non-hydrogen) atoms. The molecule has 0 N–H and O–H groups in total. The second-order valence-corrected chi connectivity index (χ2v) is 6.38. The molecule has 0 saturated carbocycles. The van der Waals surface area contributed by atoms with Crippen LogP contribution in [0, 0.1) is 6.07 Å². The molecule has 0 radical (unpaired) electrons. The van der Waals surface area contributed by atoms with E-state index in [9.17, 15) is 0 Å². The first-order valence-electron chi connectivity index (χ1n) is 2.16. The molecular formula is C6H5Br2Co. The zero-order chi connectivity index (χ0) is 6.95. The zero-order valence-electron chi connectivity index (χ0n) is 4.48. The second kappa shape index (κ2) is 8.69. The fourth-order valence-electron chi connectivity index (χ4n) is 0.342. The summed E-state index contributed by atoms with van der Waals surface area (Å²) in [6, 6.07) is 12.5. The second-order valence-electron chi connectivity index (χ2n) is 1.12. The summed E-state index contributed by atoms with van der Waals surface area (Å²) < 4.78 is 0. The van der Waals surface area contributed by atoms with Crippen LogP contribution in [0.1, 0.15) is 0 Å². The average molecular weight is 296 g/mol. The van der Waals surface area contributed by atoms with E-state index in [1.165, 1.54) is 0 Å². The third-order valence-electron chi connectivity index (χ3n) is 0.607. The third-order valence-corrected chi connectivity index (χ3v) is 0.607. The largest absolute Gasteiger partial charge is 0.184 e. The molecule has 0 nitrogen and oxygen atoms in total. The van der Waals surface area contributed by atoms with Gasteiger partial charge in [0, 0.05) is 0 Å². The van der Waals surface area contributed by atoms with Crippen molar-refractivity contribution in [2.45, 2.75) is 0 Å². The van der Waals surface area contributed by atoms with Gasteiger partial charge in [-0.05, 0) is 0 Å². The molecule has 0 saturated heterocycles. The van der Waals surface area contributed by atoms with E-state index in [0.717, 1.165) is 11.1 Å². The van der Waals surface area contributed by atoms with Crippen LogP contribution in [-0.4, -0.2) is 0 Å². The summed E-state index contributed by atoms with van der Waals surface area (Å²) in [5.74, 6) is 0. The molecular weight excluding hydrogens is 291 g/mol. The zero-order valence-corrected chi connectivity index (χ0v) is 8.69. The maximum absolute atomic E-state index is 3.03. The smallest absolute Gasteiger partial charge is 0.171 e. The van der Waals surface area contributed by atoms with Gasteiger partial charge in [0.2, 0.25) is 0 Å². The minimum absolute atomic E-state index is 1.06. The van der Waals surface area contributed by atoms with Gasteiger partial charge in [-0.1, -0.05) is 0 Å². The van der Waals surface area contributed by atoms with Crippen molar-refractivity contribution in [1.82, 2.24) is 0 Å². The molecule has 1 aromatic carbocycles. The van der Waals surface area contributed by atoms with Crippen molar-refractivity contribution >= 4 is 28.3 Å². The van der Waals surface area contributed by atoms with Crippen LogP contribution in [0.15, 0.2) is 30.3 Å². The van der Waals surface area contributed by atoms with Gasteiger partial charge >= 0.3 is 39.5 Å². The van der Waals surface area contributed by atoms with E-state index >= 15 is 0 Å². The monoisotopic (exact) mass is 294 g/mol. The van der Waals surface area contributed by atoms with E-state index in [1.54, 1.807) is 0 Å². The predicted octanol–water partition coefficient (Wildman–Crippen LogP) is 3.18. The third kappa shape index (κ3) is 8.69. The van der Waals surface area contributed by atoms with Gasteiger partial charge < -0.3 is 0 Å². The summed E-state index contributed by atoms with van der Waals surface area (Å²) in [5.41, 5.74) is 0. The normalized spacial score (nSPS) is 7.78. The first kappa shape index (κ1) is 9.69. The predicted molar refractivity (Wildman–Crippen MR) is 43.1 cm³/mol. The summed E-state index contributed by atoms with van der Waals surface area (Å²) in [5, 5.41) is 0. The molecule has 0 atom stereocenters. The fraction of sp³-hybridized carbons (Fsp3) is 0. The van der Waals surface area contributed by atoms with Crippen LogP contribution in [0.5, 0.6) is 0 Å². The van der Waals surface area contributed by atoms with E-state index < -0.39 is 0 Å². The summed E-state index contributed by atoms with van der Waals surface area (Å²) in [4.78, 5) is 0. The summed E-state index contributed by atoms with van der Waals surface area (Å²) >= 11 is 7.12. The Kier molecular flexibility index (Phi) is 9.35.